The van der Waals surface area contributed by atoms with E-state index in [9.17, 15) is 4.79 Å². The van der Waals surface area contributed by atoms with Gasteiger partial charge in [0.25, 0.3) is 0 Å². The highest BCUT2D eigenvalue weighted by Gasteiger charge is 2.34. The van der Waals surface area contributed by atoms with Crippen LogP contribution in [0.3, 0.4) is 0 Å². The highest BCUT2D eigenvalue weighted by Crippen LogP contribution is 2.37. The number of carbonyl (C=O) groups excluding carboxylic acids is 1. The molecule has 2 aromatic carbocycles. The minimum absolute atomic E-state index is 0.0174. The van der Waals surface area contributed by atoms with Crippen LogP contribution in [0.25, 0.3) is 0 Å². The van der Waals surface area contributed by atoms with E-state index in [0.717, 1.165) is 37.2 Å². The summed E-state index contributed by atoms with van der Waals surface area (Å²) < 4.78 is 6.01. The topological polar surface area (TPSA) is 44.8 Å². The summed E-state index contributed by atoms with van der Waals surface area (Å²) in [4.78, 5) is 16.7. The highest BCUT2D eigenvalue weighted by atomic mass is 16.5. The second-order valence-corrected chi connectivity index (χ2v) is 9.71. The smallest absolute Gasteiger partial charge is 0.234 e. The molecular formula is C28H39N3O2. The Hall–Kier alpha value is -2.63. The van der Waals surface area contributed by atoms with Gasteiger partial charge >= 0.3 is 0 Å². The van der Waals surface area contributed by atoms with Gasteiger partial charge in [0, 0.05) is 18.8 Å². The van der Waals surface area contributed by atoms with E-state index in [2.05, 4.69) is 54.9 Å². The summed E-state index contributed by atoms with van der Waals surface area (Å²) in [6, 6.07) is 18.6. The van der Waals surface area contributed by atoms with Crippen LogP contribution in [0, 0.1) is 6.92 Å². The Bertz CT molecular complexity index is 918. The van der Waals surface area contributed by atoms with Crippen LogP contribution in [0.4, 0.5) is 0 Å². The number of carbonyl (C=O) groups is 1. The van der Waals surface area contributed by atoms with E-state index in [4.69, 9.17) is 4.74 Å². The summed E-state index contributed by atoms with van der Waals surface area (Å²) in [6.07, 6.45) is 2.11. The maximum atomic E-state index is 12.5. The van der Waals surface area contributed by atoms with Crippen molar-refractivity contribution in [2.45, 2.75) is 44.8 Å². The fourth-order valence-electron chi connectivity index (χ4n) is 4.64. The molecule has 1 atom stereocenters. The van der Waals surface area contributed by atoms with E-state index in [-0.39, 0.29) is 17.4 Å². The fourth-order valence-corrected chi connectivity index (χ4v) is 4.64. The zero-order valence-corrected chi connectivity index (χ0v) is 20.6. The summed E-state index contributed by atoms with van der Waals surface area (Å²) in [7, 11) is 3.79. The predicted octanol–water partition coefficient (Wildman–Crippen LogP) is 4.13. The SMILES string of the molecule is C=C(C(COCc1ccccc1)NC(=O)CN(C)C)N1CCC(C)(c2ccccc2C)CC1. The molecule has 1 aliphatic rings. The molecule has 0 aromatic heterocycles. The monoisotopic (exact) mass is 449 g/mol. The Labute approximate surface area is 199 Å². The van der Waals surface area contributed by atoms with E-state index in [1.807, 2.05) is 49.3 Å². The van der Waals surface area contributed by atoms with Crippen molar-refractivity contribution in [1.82, 2.24) is 15.1 Å². The van der Waals surface area contributed by atoms with Crippen LogP contribution in [-0.4, -0.2) is 62.1 Å². The van der Waals surface area contributed by atoms with Gasteiger partial charge in [0.2, 0.25) is 5.91 Å². The van der Waals surface area contributed by atoms with Crippen LogP contribution >= 0.6 is 0 Å². The van der Waals surface area contributed by atoms with E-state index in [1.54, 1.807) is 0 Å². The number of nitrogens with one attached hydrogen (secondary N) is 1. The number of amides is 1. The molecule has 5 heteroatoms. The molecule has 1 aliphatic heterocycles. The van der Waals surface area contributed by atoms with Crippen molar-refractivity contribution < 1.29 is 9.53 Å². The average molecular weight is 450 g/mol. The lowest BCUT2D eigenvalue weighted by atomic mass is 9.73. The number of ether oxygens (including phenoxy) is 1. The van der Waals surface area contributed by atoms with Crippen LogP contribution in [0.2, 0.25) is 0 Å². The van der Waals surface area contributed by atoms with Crippen LogP contribution in [0.15, 0.2) is 66.9 Å². The van der Waals surface area contributed by atoms with E-state index in [1.165, 1.54) is 11.1 Å². The van der Waals surface area contributed by atoms with Crippen LogP contribution in [0.5, 0.6) is 0 Å². The lowest BCUT2D eigenvalue weighted by Gasteiger charge is -2.43. The molecule has 5 nitrogen and oxygen atoms in total. The molecule has 0 radical (unpaired) electrons. The molecular weight excluding hydrogens is 410 g/mol. The minimum atomic E-state index is -0.246. The predicted molar refractivity (Wildman–Crippen MR) is 135 cm³/mol. The maximum absolute atomic E-state index is 12.5. The Morgan fingerprint density at radius 2 is 1.76 bits per heavy atom. The average Bonchev–Trinajstić information content (AvgIpc) is 2.79. The number of aryl methyl sites for hydroxylation is 1. The molecule has 0 aliphatic carbocycles. The van der Waals surface area contributed by atoms with Crippen LogP contribution in [-0.2, 0) is 21.6 Å². The van der Waals surface area contributed by atoms with Crippen LogP contribution in [0.1, 0.15) is 36.5 Å². The largest absolute Gasteiger partial charge is 0.374 e. The lowest BCUT2D eigenvalue weighted by Crippen LogP contribution is -2.49. The Kier molecular flexibility index (Phi) is 8.70. The third-order valence-corrected chi connectivity index (χ3v) is 6.66. The van der Waals surface area contributed by atoms with Gasteiger partial charge in [-0.1, -0.05) is 68.1 Å². The normalized spacial score (nSPS) is 16.5. The highest BCUT2D eigenvalue weighted by molar-refractivity contribution is 5.78. The molecule has 1 fully saturated rings. The number of likely N-dealkylation sites (N-methyl/N-ethyl adjacent to an activating group) is 1. The van der Waals surface area contributed by atoms with E-state index < -0.39 is 0 Å². The minimum Gasteiger partial charge on any atom is -0.374 e. The summed E-state index contributed by atoms with van der Waals surface area (Å²) in [5, 5.41) is 3.15. The quantitative estimate of drug-likeness (QED) is 0.593. The molecule has 0 saturated carbocycles. The van der Waals surface area contributed by atoms with Crippen molar-refractivity contribution in [3.8, 4) is 0 Å². The van der Waals surface area contributed by atoms with Gasteiger partial charge in [-0.2, -0.15) is 0 Å². The summed E-state index contributed by atoms with van der Waals surface area (Å²) in [5.41, 5.74) is 5.01. The summed E-state index contributed by atoms with van der Waals surface area (Å²) in [5.74, 6) is -0.0174. The Morgan fingerprint density at radius 1 is 1.12 bits per heavy atom. The second kappa shape index (κ2) is 11.5. The molecule has 1 unspecified atom stereocenters. The maximum Gasteiger partial charge on any atom is 0.234 e. The molecule has 178 valence electrons. The first-order valence-electron chi connectivity index (χ1n) is 11.8. The number of hydrogen-bond acceptors (Lipinski definition) is 4. The number of piperidine rings is 1. The fraction of sp³-hybridized carbons (Fsp3) is 0.464. The lowest BCUT2D eigenvalue weighted by molar-refractivity contribution is -0.122. The zero-order valence-electron chi connectivity index (χ0n) is 20.6. The van der Waals surface area contributed by atoms with Crippen molar-refractivity contribution >= 4 is 5.91 Å². The van der Waals surface area contributed by atoms with Crippen molar-refractivity contribution in [2.75, 3.05) is 40.3 Å². The van der Waals surface area contributed by atoms with Gasteiger partial charge in [0.1, 0.15) is 0 Å². The standard InChI is InChI=1S/C28H39N3O2/c1-22-11-9-10-14-25(22)28(3)15-17-31(18-16-28)23(2)26(29-27(32)19-30(4)5)21-33-20-24-12-7-6-8-13-24/h6-14,26H,2,15-21H2,1,3-5H3,(H,29,32). The molecule has 0 spiro atoms. The Balaban J connectivity index is 1.63. The first kappa shape index (κ1) is 25.0. The summed E-state index contributed by atoms with van der Waals surface area (Å²) in [6.45, 7) is 12.1. The van der Waals surface area contributed by atoms with Gasteiger partial charge in [0.15, 0.2) is 0 Å². The molecule has 1 heterocycles. The first-order chi connectivity index (χ1) is 15.8. The number of rotatable bonds is 10. The Morgan fingerprint density at radius 3 is 2.39 bits per heavy atom. The van der Waals surface area contributed by atoms with Crippen molar-refractivity contribution in [3.63, 3.8) is 0 Å². The second-order valence-electron chi connectivity index (χ2n) is 9.71. The van der Waals surface area contributed by atoms with Gasteiger partial charge in [-0.3, -0.25) is 4.79 Å². The number of benzene rings is 2. The number of nitrogens with zero attached hydrogens (tertiary/aromatic N) is 2. The molecule has 2 aromatic rings. The van der Waals surface area contributed by atoms with Gasteiger partial charge in [0.05, 0.1) is 25.8 Å². The van der Waals surface area contributed by atoms with Crippen LogP contribution < -0.4 is 5.32 Å². The van der Waals surface area contributed by atoms with Gasteiger partial charge in [-0.05, 0) is 56.0 Å². The first-order valence-corrected chi connectivity index (χ1v) is 11.8. The molecule has 33 heavy (non-hydrogen) atoms. The van der Waals surface area contributed by atoms with Crippen molar-refractivity contribution in [1.29, 1.82) is 0 Å². The number of hydrogen-bond donors (Lipinski definition) is 1. The van der Waals surface area contributed by atoms with Gasteiger partial charge in [-0.15, -0.1) is 0 Å². The molecule has 1 saturated heterocycles. The van der Waals surface area contributed by atoms with E-state index in [0.29, 0.717) is 19.8 Å². The molecule has 1 N–H and O–H groups in total. The number of likely N-dealkylation sites (tertiary alicyclic amines) is 1. The molecule has 0 bridgehead atoms. The third kappa shape index (κ3) is 6.92. The van der Waals surface area contributed by atoms with Gasteiger partial charge < -0.3 is 19.9 Å². The summed E-state index contributed by atoms with van der Waals surface area (Å²) >= 11 is 0. The molecule has 1 amide bonds. The zero-order chi connectivity index (χ0) is 23.8. The van der Waals surface area contributed by atoms with E-state index >= 15 is 0 Å². The van der Waals surface area contributed by atoms with Gasteiger partial charge in [-0.25, -0.2) is 0 Å². The third-order valence-electron chi connectivity index (χ3n) is 6.66. The molecule has 3 rings (SSSR count). The van der Waals surface area contributed by atoms with Crippen molar-refractivity contribution in [3.05, 3.63) is 83.6 Å². The van der Waals surface area contributed by atoms with Crippen molar-refractivity contribution in [2.24, 2.45) is 0 Å².